The number of aromatic nitrogens is 4. The van der Waals surface area contributed by atoms with Gasteiger partial charge < -0.3 is 4.98 Å². The topological polar surface area (TPSA) is 57.4 Å². The maximum absolute atomic E-state index is 5.85. The number of rotatable bonds is 0. The Morgan fingerprint density at radius 2 is 2.25 bits per heavy atom. The molecule has 2 aromatic rings. The fourth-order valence-electron chi connectivity index (χ4n) is 1.05. The highest BCUT2D eigenvalue weighted by Gasteiger charge is 2.06. The molecule has 2 heterocycles. The number of H-pyrrole nitrogens is 2. The van der Waals surface area contributed by atoms with E-state index in [1.807, 2.05) is 6.92 Å². The zero-order chi connectivity index (χ0) is 8.72. The summed E-state index contributed by atoms with van der Waals surface area (Å²) in [5.41, 5.74) is 1.53. The first-order valence-corrected chi connectivity index (χ1v) is 4.07. The van der Waals surface area contributed by atoms with E-state index in [2.05, 4.69) is 20.2 Å². The minimum absolute atomic E-state index is 0.346. The molecule has 0 bridgehead atoms. The molecule has 2 N–H and O–H groups in total. The molecule has 12 heavy (non-hydrogen) atoms. The molecule has 0 unspecified atom stereocenters. The van der Waals surface area contributed by atoms with Gasteiger partial charge in [0.1, 0.15) is 5.15 Å². The molecule has 0 spiro atoms. The Hall–Kier alpha value is -0.940. The fraction of sp³-hybridized carbons (Fsp3) is 0.167. The monoisotopic (exact) mass is 200 g/mol. The standard InChI is InChI=1S/C6H5ClN4S/c1-2-3-4(7)8-6(12)9-5(3)11-10-2/h1H3,(H2,8,9,10,11,12). The molecule has 2 rings (SSSR count). The Labute approximate surface area is 78.0 Å². The van der Waals surface area contributed by atoms with Crippen LogP contribution >= 0.6 is 23.8 Å². The number of aromatic amines is 2. The summed E-state index contributed by atoms with van der Waals surface area (Å²) in [6.07, 6.45) is 0. The number of hydrogen-bond donors (Lipinski definition) is 2. The van der Waals surface area contributed by atoms with Gasteiger partial charge in [0.05, 0.1) is 5.39 Å². The second kappa shape index (κ2) is 2.53. The van der Waals surface area contributed by atoms with Crippen LogP contribution in [0.5, 0.6) is 0 Å². The van der Waals surface area contributed by atoms with Crippen molar-refractivity contribution in [2.75, 3.05) is 0 Å². The van der Waals surface area contributed by atoms with Crippen LogP contribution < -0.4 is 0 Å². The summed E-state index contributed by atoms with van der Waals surface area (Å²) < 4.78 is 0.346. The smallest absolute Gasteiger partial charge is 0.199 e. The Kier molecular flexibility index (Phi) is 1.62. The molecule has 0 saturated carbocycles. The van der Waals surface area contributed by atoms with E-state index >= 15 is 0 Å². The van der Waals surface area contributed by atoms with E-state index in [0.29, 0.717) is 15.6 Å². The molecule has 0 radical (unpaired) electrons. The highest BCUT2D eigenvalue weighted by molar-refractivity contribution is 7.71. The molecule has 0 fully saturated rings. The molecule has 2 aromatic heterocycles. The van der Waals surface area contributed by atoms with Crippen LogP contribution in [-0.2, 0) is 0 Å². The van der Waals surface area contributed by atoms with Crippen molar-refractivity contribution >= 4 is 34.9 Å². The summed E-state index contributed by atoms with van der Waals surface area (Å²) in [6, 6.07) is 0. The van der Waals surface area contributed by atoms with Crippen molar-refractivity contribution < 1.29 is 0 Å². The molecule has 0 aliphatic heterocycles. The molecule has 62 valence electrons. The predicted octanol–water partition coefficient (Wildman–Crippen LogP) is 1.98. The van der Waals surface area contributed by atoms with Gasteiger partial charge in [-0.1, -0.05) is 11.6 Å². The van der Waals surface area contributed by atoms with E-state index in [1.54, 1.807) is 0 Å². The van der Waals surface area contributed by atoms with Gasteiger partial charge in [0.2, 0.25) is 0 Å². The lowest BCUT2D eigenvalue weighted by atomic mass is 10.3. The molecule has 6 heteroatoms. The first kappa shape index (κ1) is 7.70. The summed E-state index contributed by atoms with van der Waals surface area (Å²) in [6.45, 7) is 1.87. The predicted molar refractivity (Wildman–Crippen MR) is 48.8 cm³/mol. The van der Waals surface area contributed by atoms with Gasteiger partial charge in [0.15, 0.2) is 10.4 Å². The van der Waals surface area contributed by atoms with Crippen LogP contribution in [-0.4, -0.2) is 20.2 Å². The normalized spacial score (nSPS) is 10.8. The lowest BCUT2D eigenvalue weighted by Crippen LogP contribution is -1.84. The van der Waals surface area contributed by atoms with E-state index in [1.165, 1.54) is 0 Å². The van der Waals surface area contributed by atoms with Crippen molar-refractivity contribution in [1.82, 2.24) is 20.2 Å². The van der Waals surface area contributed by atoms with Crippen LogP contribution in [0.2, 0.25) is 5.15 Å². The van der Waals surface area contributed by atoms with E-state index in [-0.39, 0.29) is 0 Å². The highest BCUT2D eigenvalue weighted by atomic mass is 35.5. The average molecular weight is 201 g/mol. The van der Waals surface area contributed by atoms with Crippen molar-refractivity contribution in [2.45, 2.75) is 6.92 Å². The Bertz CT molecular complexity index is 486. The van der Waals surface area contributed by atoms with Gasteiger partial charge in [-0.3, -0.25) is 5.10 Å². The van der Waals surface area contributed by atoms with Crippen LogP contribution in [0.25, 0.3) is 11.0 Å². The Morgan fingerprint density at radius 3 is 3.00 bits per heavy atom. The van der Waals surface area contributed by atoms with E-state index < -0.39 is 0 Å². The maximum Gasteiger partial charge on any atom is 0.199 e. The molecule has 0 aliphatic carbocycles. The van der Waals surface area contributed by atoms with Crippen LogP contribution in [0.15, 0.2) is 0 Å². The zero-order valence-corrected chi connectivity index (χ0v) is 7.75. The largest absolute Gasteiger partial charge is 0.313 e. The number of halogens is 1. The molecule has 0 aromatic carbocycles. The number of aryl methyl sites for hydroxylation is 1. The average Bonchev–Trinajstić information content (AvgIpc) is 2.31. The summed E-state index contributed by atoms with van der Waals surface area (Å²) in [4.78, 5) is 6.73. The summed E-state index contributed by atoms with van der Waals surface area (Å²) in [5, 5.41) is 7.95. The third-order valence-corrected chi connectivity index (χ3v) is 2.05. The van der Waals surface area contributed by atoms with E-state index in [9.17, 15) is 0 Å². The third-order valence-electron chi connectivity index (χ3n) is 1.58. The number of nitrogens with one attached hydrogen (secondary N) is 2. The second-order valence-corrected chi connectivity index (χ2v) is 3.15. The van der Waals surface area contributed by atoms with Crippen LogP contribution in [0.3, 0.4) is 0 Å². The van der Waals surface area contributed by atoms with Gasteiger partial charge in [-0.15, -0.1) is 0 Å². The van der Waals surface area contributed by atoms with Crippen molar-refractivity contribution in [3.63, 3.8) is 0 Å². The fourth-order valence-corrected chi connectivity index (χ4v) is 1.60. The van der Waals surface area contributed by atoms with E-state index in [0.717, 1.165) is 11.1 Å². The molecular weight excluding hydrogens is 196 g/mol. The molecule has 0 atom stereocenters. The van der Waals surface area contributed by atoms with Crippen LogP contribution in [0.1, 0.15) is 5.69 Å². The van der Waals surface area contributed by atoms with Crippen molar-refractivity contribution in [3.8, 4) is 0 Å². The van der Waals surface area contributed by atoms with E-state index in [4.69, 9.17) is 23.8 Å². The maximum atomic E-state index is 5.85. The molecular formula is C6H5ClN4S. The number of nitrogens with zero attached hydrogens (tertiary/aromatic N) is 2. The van der Waals surface area contributed by atoms with Crippen LogP contribution in [0.4, 0.5) is 0 Å². The quantitative estimate of drug-likeness (QED) is 0.505. The summed E-state index contributed by atoms with van der Waals surface area (Å²) in [5.74, 6) is 0. The molecule has 0 amide bonds. The number of hydrogen-bond acceptors (Lipinski definition) is 3. The van der Waals surface area contributed by atoms with Gasteiger partial charge in [0.25, 0.3) is 0 Å². The Morgan fingerprint density at radius 1 is 1.50 bits per heavy atom. The van der Waals surface area contributed by atoms with Crippen molar-refractivity contribution in [2.24, 2.45) is 0 Å². The summed E-state index contributed by atoms with van der Waals surface area (Å²) >= 11 is 10.7. The van der Waals surface area contributed by atoms with Gasteiger partial charge in [-0.05, 0) is 19.1 Å². The lowest BCUT2D eigenvalue weighted by molar-refractivity contribution is 1.05. The van der Waals surface area contributed by atoms with Crippen molar-refractivity contribution in [3.05, 3.63) is 15.6 Å². The van der Waals surface area contributed by atoms with Gasteiger partial charge >= 0.3 is 0 Å². The van der Waals surface area contributed by atoms with Crippen LogP contribution in [0, 0.1) is 11.7 Å². The number of fused-ring (bicyclic) bond motifs is 1. The second-order valence-electron chi connectivity index (χ2n) is 2.40. The highest BCUT2D eigenvalue weighted by Crippen LogP contribution is 2.20. The minimum Gasteiger partial charge on any atom is -0.313 e. The first-order valence-electron chi connectivity index (χ1n) is 3.29. The summed E-state index contributed by atoms with van der Waals surface area (Å²) in [7, 11) is 0. The lowest BCUT2D eigenvalue weighted by Gasteiger charge is -1.91. The Balaban J connectivity index is 3.02. The van der Waals surface area contributed by atoms with Crippen molar-refractivity contribution in [1.29, 1.82) is 0 Å². The minimum atomic E-state index is 0.346. The van der Waals surface area contributed by atoms with Gasteiger partial charge in [0, 0.05) is 5.69 Å². The molecule has 0 aliphatic rings. The van der Waals surface area contributed by atoms with Gasteiger partial charge in [-0.2, -0.15) is 5.10 Å². The molecule has 4 nitrogen and oxygen atoms in total. The molecule has 0 saturated heterocycles. The zero-order valence-electron chi connectivity index (χ0n) is 6.18. The third kappa shape index (κ3) is 1.02. The first-order chi connectivity index (χ1) is 5.68. The van der Waals surface area contributed by atoms with Gasteiger partial charge in [-0.25, -0.2) is 4.98 Å². The SMILES string of the molecule is Cc1[nH]nc2[nH]c(=S)nc(Cl)c12.